The minimum absolute atomic E-state index is 0.293. The lowest BCUT2D eigenvalue weighted by Crippen LogP contribution is -2.05. The van der Waals surface area contributed by atoms with Crippen LogP contribution in [0.25, 0.3) is 11.0 Å². The van der Waals surface area contributed by atoms with Crippen LogP contribution in [0.4, 0.5) is 10.3 Å². The normalized spacial score (nSPS) is 16.5. The Balaban J connectivity index is 1.73. The van der Waals surface area contributed by atoms with E-state index in [9.17, 15) is 4.39 Å². The van der Waals surface area contributed by atoms with E-state index in [4.69, 9.17) is 5.73 Å². The number of benzene rings is 1. The number of nitrogens with zero attached hydrogens (tertiary/aromatic N) is 2. The molecule has 3 nitrogen and oxygen atoms in total. The highest BCUT2D eigenvalue weighted by Gasteiger charge is 2.15. The zero-order valence-electron chi connectivity index (χ0n) is 11.1. The Morgan fingerprint density at radius 3 is 2.89 bits per heavy atom. The third kappa shape index (κ3) is 2.44. The van der Waals surface area contributed by atoms with Crippen LogP contribution in [0.15, 0.2) is 18.2 Å². The van der Waals surface area contributed by atoms with Gasteiger partial charge in [0, 0.05) is 6.54 Å². The van der Waals surface area contributed by atoms with Gasteiger partial charge in [0.15, 0.2) is 5.82 Å². The number of rotatable bonds is 4. The van der Waals surface area contributed by atoms with Gasteiger partial charge in [-0.05, 0) is 30.9 Å². The molecule has 0 aliphatic heterocycles. The van der Waals surface area contributed by atoms with Gasteiger partial charge in [0.25, 0.3) is 0 Å². The first-order valence-corrected chi connectivity index (χ1v) is 7.16. The molecule has 0 bridgehead atoms. The van der Waals surface area contributed by atoms with E-state index >= 15 is 0 Å². The van der Waals surface area contributed by atoms with Gasteiger partial charge < -0.3 is 10.3 Å². The maximum Gasteiger partial charge on any atom is 0.201 e. The molecule has 0 radical (unpaired) electrons. The number of anilines is 1. The number of fused-ring (bicyclic) bond motifs is 1. The number of aryl methyl sites for hydroxylation is 1. The molecule has 0 amide bonds. The summed E-state index contributed by atoms with van der Waals surface area (Å²) in [4.78, 5) is 4.13. The van der Waals surface area contributed by atoms with Gasteiger partial charge in [-0.25, -0.2) is 9.37 Å². The van der Waals surface area contributed by atoms with Gasteiger partial charge in [0.2, 0.25) is 5.95 Å². The Hall–Kier alpha value is -1.58. The van der Waals surface area contributed by atoms with Crippen molar-refractivity contribution in [2.75, 3.05) is 5.73 Å². The molecule has 4 heteroatoms. The van der Waals surface area contributed by atoms with E-state index in [0.29, 0.717) is 11.5 Å². The predicted octanol–water partition coefficient (Wildman–Crippen LogP) is 3.73. The van der Waals surface area contributed by atoms with Crippen LogP contribution < -0.4 is 5.73 Å². The molecule has 19 heavy (non-hydrogen) atoms. The van der Waals surface area contributed by atoms with Crippen LogP contribution >= 0.6 is 0 Å². The third-order valence-corrected chi connectivity index (χ3v) is 4.23. The highest BCUT2D eigenvalue weighted by Crippen LogP contribution is 2.29. The second-order valence-electron chi connectivity index (χ2n) is 5.52. The molecule has 1 saturated carbocycles. The summed E-state index contributed by atoms with van der Waals surface area (Å²) in [5, 5.41) is 0. The van der Waals surface area contributed by atoms with Crippen molar-refractivity contribution in [2.24, 2.45) is 5.92 Å². The molecule has 0 unspecified atom stereocenters. The molecule has 1 aliphatic rings. The Kier molecular flexibility index (Phi) is 3.40. The fourth-order valence-corrected chi connectivity index (χ4v) is 3.20. The zero-order valence-corrected chi connectivity index (χ0v) is 11.1. The standard InChI is InChI=1S/C15H20FN3/c16-12-8-3-9-13-14(12)18-15(17)19(13)10-4-7-11-5-1-2-6-11/h3,8-9,11H,1-2,4-7,10H2,(H2,17,18). The second-order valence-corrected chi connectivity index (χ2v) is 5.52. The maximum atomic E-state index is 13.6. The molecule has 1 fully saturated rings. The molecule has 1 aromatic heterocycles. The van der Waals surface area contributed by atoms with E-state index in [1.165, 1.54) is 38.2 Å². The monoisotopic (exact) mass is 261 g/mol. The highest BCUT2D eigenvalue weighted by molar-refractivity contribution is 5.78. The third-order valence-electron chi connectivity index (χ3n) is 4.23. The zero-order chi connectivity index (χ0) is 13.2. The van der Waals surface area contributed by atoms with E-state index < -0.39 is 0 Å². The molecule has 2 aromatic rings. The molecule has 1 heterocycles. The average Bonchev–Trinajstić information content (AvgIpc) is 3.00. The van der Waals surface area contributed by atoms with E-state index in [2.05, 4.69) is 4.98 Å². The topological polar surface area (TPSA) is 43.8 Å². The smallest absolute Gasteiger partial charge is 0.201 e. The molecular formula is C15H20FN3. The minimum Gasteiger partial charge on any atom is -0.369 e. The molecule has 0 spiro atoms. The Bertz CT molecular complexity index is 570. The fourth-order valence-electron chi connectivity index (χ4n) is 3.20. The number of hydrogen-bond donors (Lipinski definition) is 1. The Labute approximate surface area is 112 Å². The largest absolute Gasteiger partial charge is 0.369 e. The lowest BCUT2D eigenvalue weighted by atomic mass is 10.0. The summed E-state index contributed by atoms with van der Waals surface area (Å²) in [5.41, 5.74) is 7.10. The molecule has 0 saturated heterocycles. The number of aromatic nitrogens is 2. The van der Waals surface area contributed by atoms with Gasteiger partial charge in [-0.1, -0.05) is 31.7 Å². The fraction of sp³-hybridized carbons (Fsp3) is 0.533. The second kappa shape index (κ2) is 5.19. The van der Waals surface area contributed by atoms with E-state index in [1.54, 1.807) is 6.07 Å². The van der Waals surface area contributed by atoms with Crippen molar-refractivity contribution in [1.29, 1.82) is 0 Å². The summed E-state index contributed by atoms with van der Waals surface area (Å²) in [6.07, 6.45) is 7.84. The number of nitrogens with two attached hydrogens (primary N) is 1. The van der Waals surface area contributed by atoms with Gasteiger partial charge in [-0.2, -0.15) is 0 Å². The highest BCUT2D eigenvalue weighted by atomic mass is 19.1. The lowest BCUT2D eigenvalue weighted by molar-refractivity contribution is 0.462. The van der Waals surface area contributed by atoms with Gasteiger partial charge in [-0.15, -0.1) is 0 Å². The van der Waals surface area contributed by atoms with Crippen LogP contribution in [-0.4, -0.2) is 9.55 Å². The van der Waals surface area contributed by atoms with Crippen molar-refractivity contribution in [3.63, 3.8) is 0 Å². The van der Waals surface area contributed by atoms with E-state index in [1.807, 2.05) is 10.6 Å². The van der Waals surface area contributed by atoms with Gasteiger partial charge in [-0.3, -0.25) is 0 Å². The SMILES string of the molecule is Nc1nc2c(F)cccc2n1CCCC1CCCC1. The number of para-hydroxylation sites is 1. The van der Waals surface area contributed by atoms with Crippen molar-refractivity contribution in [3.8, 4) is 0 Å². The maximum absolute atomic E-state index is 13.6. The predicted molar refractivity (Wildman–Crippen MR) is 75.3 cm³/mol. The summed E-state index contributed by atoms with van der Waals surface area (Å²) in [6, 6.07) is 5.03. The molecule has 102 valence electrons. The first kappa shape index (κ1) is 12.5. The van der Waals surface area contributed by atoms with Crippen molar-refractivity contribution >= 4 is 17.0 Å². The van der Waals surface area contributed by atoms with Crippen LogP contribution in [0, 0.1) is 11.7 Å². The van der Waals surface area contributed by atoms with Gasteiger partial charge in [0.05, 0.1) is 5.52 Å². The summed E-state index contributed by atoms with van der Waals surface area (Å²) in [6.45, 7) is 0.836. The van der Waals surface area contributed by atoms with Crippen LogP contribution in [0.2, 0.25) is 0 Å². The molecule has 3 rings (SSSR count). The molecule has 1 aromatic carbocycles. The Morgan fingerprint density at radius 2 is 2.11 bits per heavy atom. The van der Waals surface area contributed by atoms with Crippen molar-refractivity contribution in [2.45, 2.75) is 45.1 Å². The molecule has 0 atom stereocenters. The average molecular weight is 261 g/mol. The van der Waals surface area contributed by atoms with E-state index in [-0.39, 0.29) is 5.82 Å². The first-order valence-electron chi connectivity index (χ1n) is 7.16. The molecule has 2 N–H and O–H groups in total. The summed E-state index contributed by atoms with van der Waals surface area (Å²) in [7, 11) is 0. The quantitative estimate of drug-likeness (QED) is 0.911. The van der Waals surface area contributed by atoms with Crippen molar-refractivity contribution in [3.05, 3.63) is 24.0 Å². The van der Waals surface area contributed by atoms with Crippen molar-refractivity contribution < 1.29 is 4.39 Å². The minimum atomic E-state index is -0.293. The van der Waals surface area contributed by atoms with Gasteiger partial charge in [0.1, 0.15) is 5.52 Å². The van der Waals surface area contributed by atoms with Gasteiger partial charge >= 0.3 is 0 Å². The van der Waals surface area contributed by atoms with Crippen molar-refractivity contribution in [1.82, 2.24) is 9.55 Å². The number of nitrogen functional groups attached to an aromatic ring is 1. The van der Waals surface area contributed by atoms with Crippen LogP contribution in [-0.2, 0) is 6.54 Å². The number of imidazole rings is 1. The molecular weight excluding hydrogens is 241 g/mol. The first-order chi connectivity index (χ1) is 9.25. The summed E-state index contributed by atoms with van der Waals surface area (Å²) in [5.74, 6) is 1.01. The Morgan fingerprint density at radius 1 is 1.32 bits per heavy atom. The van der Waals surface area contributed by atoms with E-state index in [0.717, 1.165) is 24.4 Å². The van der Waals surface area contributed by atoms with Crippen LogP contribution in [0.5, 0.6) is 0 Å². The lowest BCUT2D eigenvalue weighted by Gasteiger charge is -2.10. The van der Waals surface area contributed by atoms with Crippen LogP contribution in [0.1, 0.15) is 38.5 Å². The number of halogens is 1. The molecule has 1 aliphatic carbocycles. The summed E-state index contributed by atoms with van der Waals surface area (Å²) >= 11 is 0. The van der Waals surface area contributed by atoms with Crippen LogP contribution in [0.3, 0.4) is 0 Å². The summed E-state index contributed by atoms with van der Waals surface area (Å²) < 4.78 is 15.6. The number of hydrogen-bond acceptors (Lipinski definition) is 2.